The van der Waals surface area contributed by atoms with Gasteiger partial charge in [0.1, 0.15) is 11.6 Å². The zero-order valence-corrected chi connectivity index (χ0v) is 10.4. The molecule has 0 fully saturated rings. The van der Waals surface area contributed by atoms with Gasteiger partial charge in [-0.3, -0.25) is 9.69 Å². The number of ketones is 1. The summed E-state index contributed by atoms with van der Waals surface area (Å²) >= 11 is 0. The van der Waals surface area contributed by atoms with Crippen LogP contribution in [0.3, 0.4) is 0 Å². The Morgan fingerprint density at radius 2 is 2.12 bits per heavy atom. The van der Waals surface area contributed by atoms with Crippen LogP contribution < -0.4 is 0 Å². The van der Waals surface area contributed by atoms with Crippen LogP contribution in [0, 0.1) is 5.82 Å². The molecular formula is C13H18FNO2. The van der Waals surface area contributed by atoms with Gasteiger partial charge in [0.15, 0.2) is 5.78 Å². The molecular weight excluding hydrogens is 221 g/mol. The van der Waals surface area contributed by atoms with Crippen LogP contribution in [0.2, 0.25) is 0 Å². The van der Waals surface area contributed by atoms with Gasteiger partial charge in [-0.05, 0) is 38.6 Å². The summed E-state index contributed by atoms with van der Waals surface area (Å²) in [6, 6.07) is 3.64. The third-order valence-corrected chi connectivity index (χ3v) is 2.74. The van der Waals surface area contributed by atoms with Crippen LogP contribution >= 0.6 is 0 Å². The van der Waals surface area contributed by atoms with E-state index in [1.54, 1.807) is 0 Å². The Kier molecular flexibility index (Phi) is 4.63. The Bertz CT molecular complexity index is 404. The molecule has 1 rings (SSSR count). The number of carbonyl (C=O) groups is 1. The van der Waals surface area contributed by atoms with Crippen LogP contribution in [0.5, 0.6) is 5.75 Å². The van der Waals surface area contributed by atoms with E-state index in [9.17, 15) is 14.3 Å². The first kappa shape index (κ1) is 13.6. The molecule has 17 heavy (non-hydrogen) atoms. The lowest BCUT2D eigenvalue weighted by Gasteiger charge is -2.23. The molecule has 4 heteroatoms. The molecule has 0 aromatic heterocycles. The van der Waals surface area contributed by atoms with Crippen LogP contribution in [0.15, 0.2) is 18.2 Å². The summed E-state index contributed by atoms with van der Waals surface area (Å²) in [5, 5.41) is 9.52. The van der Waals surface area contributed by atoms with E-state index in [1.807, 2.05) is 25.7 Å². The molecule has 0 bridgehead atoms. The van der Waals surface area contributed by atoms with Crippen molar-refractivity contribution >= 4 is 5.78 Å². The number of likely N-dealkylation sites (N-methyl/N-ethyl adjacent to an activating group) is 1. The van der Waals surface area contributed by atoms with Gasteiger partial charge in [-0.15, -0.1) is 0 Å². The molecule has 0 aliphatic rings. The second-order valence-electron chi connectivity index (χ2n) is 4.24. The Morgan fingerprint density at radius 3 is 2.65 bits per heavy atom. The van der Waals surface area contributed by atoms with E-state index < -0.39 is 5.82 Å². The average Bonchev–Trinajstić information content (AvgIpc) is 2.28. The summed E-state index contributed by atoms with van der Waals surface area (Å²) < 4.78 is 13.0. The fraction of sp³-hybridized carbons (Fsp3) is 0.462. The highest BCUT2D eigenvalue weighted by atomic mass is 19.1. The maximum absolute atomic E-state index is 13.0. The molecule has 3 nitrogen and oxygen atoms in total. The van der Waals surface area contributed by atoms with E-state index in [0.717, 1.165) is 18.7 Å². The molecule has 0 spiro atoms. The lowest BCUT2D eigenvalue weighted by Crippen LogP contribution is -2.35. The number of nitrogens with zero attached hydrogens (tertiary/aromatic N) is 1. The minimum absolute atomic E-state index is 0.0455. The summed E-state index contributed by atoms with van der Waals surface area (Å²) in [5.74, 6) is -0.951. The van der Waals surface area contributed by atoms with E-state index in [1.165, 1.54) is 6.07 Å². The summed E-state index contributed by atoms with van der Waals surface area (Å²) in [5.41, 5.74) is 0.0455. The number of rotatable bonds is 5. The van der Waals surface area contributed by atoms with Crippen LogP contribution in [0.4, 0.5) is 4.39 Å². The van der Waals surface area contributed by atoms with Crippen molar-refractivity contribution in [2.75, 3.05) is 13.1 Å². The lowest BCUT2D eigenvalue weighted by atomic mass is 10.1. The predicted molar refractivity (Wildman–Crippen MR) is 64.8 cm³/mol. The van der Waals surface area contributed by atoms with Crippen LogP contribution in [0.1, 0.15) is 31.1 Å². The molecule has 0 saturated heterocycles. The minimum Gasteiger partial charge on any atom is -0.507 e. The molecule has 1 aromatic carbocycles. The second-order valence-corrected chi connectivity index (χ2v) is 4.24. The first-order valence-corrected chi connectivity index (χ1v) is 5.71. The number of carbonyl (C=O) groups excluding carboxylic acids is 1. The van der Waals surface area contributed by atoms with E-state index >= 15 is 0 Å². The van der Waals surface area contributed by atoms with Gasteiger partial charge < -0.3 is 5.11 Å². The molecule has 0 heterocycles. The van der Waals surface area contributed by atoms with Crippen LogP contribution in [-0.4, -0.2) is 34.9 Å². The van der Waals surface area contributed by atoms with Gasteiger partial charge in [-0.25, -0.2) is 4.39 Å². The zero-order chi connectivity index (χ0) is 13.0. The van der Waals surface area contributed by atoms with Crippen molar-refractivity contribution in [2.24, 2.45) is 0 Å². The predicted octanol–water partition coefficient (Wildman–Crippen LogP) is 2.44. The van der Waals surface area contributed by atoms with Crippen molar-refractivity contribution in [2.45, 2.75) is 26.8 Å². The number of hydrogen-bond donors (Lipinski definition) is 1. The van der Waals surface area contributed by atoms with E-state index in [0.29, 0.717) is 0 Å². The van der Waals surface area contributed by atoms with Crippen molar-refractivity contribution in [1.29, 1.82) is 0 Å². The number of phenolic OH excluding ortho intramolecular Hbond substituents is 1. The van der Waals surface area contributed by atoms with E-state index in [-0.39, 0.29) is 29.7 Å². The monoisotopic (exact) mass is 239 g/mol. The SMILES string of the molecule is CCN(CC(=O)c1cc(F)ccc1O)C(C)C. The smallest absolute Gasteiger partial charge is 0.180 e. The number of halogens is 1. The summed E-state index contributed by atoms with van der Waals surface area (Å²) in [7, 11) is 0. The standard InChI is InChI=1S/C13H18FNO2/c1-4-15(9(2)3)8-13(17)11-7-10(14)5-6-12(11)16/h5-7,9,16H,4,8H2,1-3H3. The molecule has 1 aromatic rings. The summed E-state index contributed by atoms with van der Waals surface area (Å²) in [6.45, 7) is 6.85. The molecule has 0 atom stereocenters. The quantitative estimate of drug-likeness (QED) is 0.802. The number of hydrogen-bond acceptors (Lipinski definition) is 3. The third kappa shape index (κ3) is 3.53. The second kappa shape index (κ2) is 5.77. The zero-order valence-electron chi connectivity index (χ0n) is 10.4. The summed E-state index contributed by atoms with van der Waals surface area (Å²) in [6.07, 6.45) is 0. The fourth-order valence-electron chi connectivity index (χ4n) is 1.66. The third-order valence-electron chi connectivity index (χ3n) is 2.74. The van der Waals surface area contributed by atoms with Crippen LogP contribution in [-0.2, 0) is 0 Å². The summed E-state index contributed by atoms with van der Waals surface area (Å²) in [4.78, 5) is 13.9. The Hall–Kier alpha value is -1.42. The highest BCUT2D eigenvalue weighted by molar-refractivity contribution is 6.00. The van der Waals surface area contributed by atoms with Crippen molar-refractivity contribution in [3.63, 3.8) is 0 Å². The number of aromatic hydroxyl groups is 1. The van der Waals surface area contributed by atoms with Gasteiger partial charge in [0.05, 0.1) is 12.1 Å². The van der Waals surface area contributed by atoms with Gasteiger partial charge in [0.25, 0.3) is 0 Å². The number of Topliss-reactive ketones (excluding diaryl/α,β-unsaturated/α-hetero) is 1. The van der Waals surface area contributed by atoms with E-state index in [2.05, 4.69) is 0 Å². The molecule has 0 unspecified atom stereocenters. The Balaban J connectivity index is 2.86. The van der Waals surface area contributed by atoms with Gasteiger partial charge in [-0.1, -0.05) is 6.92 Å². The highest BCUT2D eigenvalue weighted by Gasteiger charge is 2.17. The van der Waals surface area contributed by atoms with Crippen molar-refractivity contribution in [3.05, 3.63) is 29.6 Å². The fourth-order valence-corrected chi connectivity index (χ4v) is 1.66. The van der Waals surface area contributed by atoms with Crippen molar-refractivity contribution in [3.8, 4) is 5.75 Å². The lowest BCUT2D eigenvalue weighted by molar-refractivity contribution is 0.0908. The largest absolute Gasteiger partial charge is 0.507 e. The minimum atomic E-state index is -0.515. The number of phenols is 1. The molecule has 0 saturated carbocycles. The van der Waals surface area contributed by atoms with Gasteiger partial charge in [-0.2, -0.15) is 0 Å². The maximum atomic E-state index is 13.0. The van der Waals surface area contributed by atoms with Gasteiger partial charge in [0.2, 0.25) is 0 Å². The van der Waals surface area contributed by atoms with Gasteiger partial charge in [0, 0.05) is 6.04 Å². The van der Waals surface area contributed by atoms with Crippen molar-refractivity contribution in [1.82, 2.24) is 4.90 Å². The normalized spacial score (nSPS) is 11.2. The first-order chi connectivity index (χ1) is 7.95. The topological polar surface area (TPSA) is 40.5 Å². The molecule has 94 valence electrons. The van der Waals surface area contributed by atoms with Crippen molar-refractivity contribution < 1.29 is 14.3 Å². The molecule has 0 radical (unpaired) electrons. The van der Waals surface area contributed by atoms with Gasteiger partial charge >= 0.3 is 0 Å². The molecule has 0 aliphatic carbocycles. The van der Waals surface area contributed by atoms with Crippen LogP contribution in [0.25, 0.3) is 0 Å². The highest BCUT2D eigenvalue weighted by Crippen LogP contribution is 2.19. The Labute approximate surface area is 101 Å². The van der Waals surface area contributed by atoms with E-state index in [4.69, 9.17) is 0 Å². The first-order valence-electron chi connectivity index (χ1n) is 5.71. The number of benzene rings is 1. The molecule has 0 aliphatic heterocycles. The Morgan fingerprint density at radius 1 is 1.47 bits per heavy atom. The maximum Gasteiger partial charge on any atom is 0.180 e. The molecule has 1 N–H and O–H groups in total. The molecule has 0 amide bonds. The average molecular weight is 239 g/mol.